The molecule has 0 radical (unpaired) electrons. The van der Waals surface area contributed by atoms with Crippen molar-refractivity contribution in [2.75, 3.05) is 7.11 Å². The maximum Gasteiger partial charge on any atom is 0.285 e. The fourth-order valence-electron chi connectivity index (χ4n) is 2.60. The van der Waals surface area contributed by atoms with Crippen molar-refractivity contribution in [2.24, 2.45) is 0 Å². The zero-order chi connectivity index (χ0) is 21.0. The molecule has 1 aliphatic rings. The molecule has 0 bridgehead atoms. The van der Waals surface area contributed by atoms with E-state index in [1.54, 1.807) is 49.6 Å². The molecule has 0 atom stereocenters. The minimum absolute atomic E-state index is 0.0132. The van der Waals surface area contributed by atoms with Crippen LogP contribution in [0.5, 0.6) is 11.5 Å². The summed E-state index contributed by atoms with van der Waals surface area (Å²) in [5.41, 5.74) is 3.76. The number of benzene rings is 2. The van der Waals surface area contributed by atoms with E-state index in [0.717, 1.165) is 22.3 Å². The summed E-state index contributed by atoms with van der Waals surface area (Å²) in [4.78, 5) is 25.5. The first-order valence-electron chi connectivity index (χ1n) is 8.87. The van der Waals surface area contributed by atoms with Gasteiger partial charge in [0.25, 0.3) is 11.8 Å². The van der Waals surface area contributed by atoms with Crippen LogP contribution in [0.15, 0.2) is 53.4 Å². The molecular weight excluding hydrogens is 408 g/mol. The average Bonchev–Trinajstić information content (AvgIpc) is 2.96. The highest BCUT2D eigenvalue weighted by Crippen LogP contribution is 2.34. The molecule has 29 heavy (non-hydrogen) atoms. The largest absolute Gasteiger partial charge is 0.493 e. The first kappa shape index (κ1) is 20.9. The van der Waals surface area contributed by atoms with Crippen molar-refractivity contribution in [3.05, 3.63) is 64.6 Å². The number of hydrogen-bond acceptors (Lipinski definition) is 6. The molecule has 0 unspecified atom stereocenters. The number of ether oxygens (including phenoxy) is 2. The number of amides is 2. The molecule has 1 aliphatic heterocycles. The second-order valence-electron chi connectivity index (χ2n) is 6.40. The monoisotopic (exact) mass is 428 g/mol. The molecule has 2 aromatic rings. The lowest BCUT2D eigenvalue weighted by Gasteiger charge is -2.15. The van der Waals surface area contributed by atoms with E-state index in [2.05, 4.69) is 5.43 Å². The first-order valence-corrected chi connectivity index (χ1v) is 10.1. The summed E-state index contributed by atoms with van der Waals surface area (Å²) >= 11 is 6.39. The lowest BCUT2D eigenvalue weighted by atomic mass is 10.2. The molecule has 2 amide bonds. The molecule has 1 N–H and O–H groups in total. The fourth-order valence-corrected chi connectivity index (χ4v) is 3.78. The van der Waals surface area contributed by atoms with Gasteiger partial charge in [0.2, 0.25) is 0 Å². The number of thiocarbonyl (C=S) groups is 1. The molecule has 0 aliphatic carbocycles. The fraction of sp³-hybridized carbons (Fsp3) is 0.190. The molecule has 1 heterocycles. The number of carbonyl (C=O) groups excluding carboxylic acids is 2. The van der Waals surface area contributed by atoms with Crippen molar-refractivity contribution in [1.82, 2.24) is 10.4 Å². The Morgan fingerprint density at radius 1 is 1.17 bits per heavy atom. The van der Waals surface area contributed by atoms with Gasteiger partial charge in [-0.1, -0.05) is 36.0 Å². The Morgan fingerprint density at radius 3 is 2.55 bits per heavy atom. The Morgan fingerprint density at radius 2 is 1.90 bits per heavy atom. The molecule has 1 fully saturated rings. The summed E-state index contributed by atoms with van der Waals surface area (Å²) in [7, 11) is 1.56. The smallest absolute Gasteiger partial charge is 0.285 e. The second kappa shape index (κ2) is 9.11. The topological polar surface area (TPSA) is 67.9 Å². The van der Waals surface area contributed by atoms with Gasteiger partial charge in [0.15, 0.2) is 15.8 Å². The van der Waals surface area contributed by atoms with Gasteiger partial charge in [0.1, 0.15) is 0 Å². The number of nitrogens with one attached hydrogen (secondary N) is 1. The Labute approximate surface area is 178 Å². The van der Waals surface area contributed by atoms with Crippen LogP contribution >= 0.6 is 24.0 Å². The van der Waals surface area contributed by atoms with E-state index in [1.807, 2.05) is 26.0 Å². The molecule has 1 saturated heterocycles. The van der Waals surface area contributed by atoms with E-state index in [0.29, 0.717) is 22.0 Å². The molecule has 0 spiro atoms. The van der Waals surface area contributed by atoms with Gasteiger partial charge in [-0.15, -0.1) is 0 Å². The average molecular weight is 429 g/mol. The Kier molecular flexibility index (Phi) is 6.56. The van der Waals surface area contributed by atoms with Gasteiger partial charge >= 0.3 is 0 Å². The lowest BCUT2D eigenvalue weighted by molar-refractivity contribution is -0.123. The number of thioether (sulfide) groups is 1. The van der Waals surface area contributed by atoms with Crippen LogP contribution in [0.25, 0.3) is 6.08 Å². The highest BCUT2D eigenvalue weighted by molar-refractivity contribution is 8.26. The standard InChI is InChI=1S/C21H20N2O4S2/c1-13(2)27-16-10-9-14(11-17(16)26-3)12-18-20(25)23(21(28)29-18)22-19(24)15-7-5-4-6-8-15/h4-13H,1-3H3,(H,22,24). The van der Waals surface area contributed by atoms with Crippen LogP contribution in [0, 0.1) is 0 Å². The SMILES string of the molecule is COc1cc(C=C2SC(=S)N(NC(=O)c3ccccc3)C2=O)ccc1OC(C)C. The Bertz CT molecular complexity index is 974. The molecule has 3 rings (SSSR count). The molecule has 0 aromatic heterocycles. The minimum atomic E-state index is -0.403. The van der Waals surface area contributed by atoms with Crippen LogP contribution in [0.2, 0.25) is 0 Å². The summed E-state index contributed by atoms with van der Waals surface area (Å²) in [6.45, 7) is 3.87. The van der Waals surface area contributed by atoms with Gasteiger partial charge in [-0.05, 0) is 62.0 Å². The summed E-state index contributed by atoms with van der Waals surface area (Å²) in [6, 6.07) is 14.0. The van der Waals surface area contributed by atoms with Crippen molar-refractivity contribution in [1.29, 1.82) is 0 Å². The maximum absolute atomic E-state index is 12.7. The summed E-state index contributed by atoms with van der Waals surface area (Å²) in [5.74, 6) is 0.411. The highest BCUT2D eigenvalue weighted by Gasteiger charge is 2.33. The van der Waals surface area contributed by atoms with Crippen molar-refractivity contribution in [3.63, 3.8) is 0 Å². The highest BCUT2D eigenvalue weighted by atomic mass is 32.2. The molecular formula is C21H20N2O4S2. The van der Waals surface area contributed by atoms with Crippen molar-refractivity contribution in [2.45, 2.75) is 20.0 Å². The number of hydrazine groups is 1. The van der Waals surface area contributed by atoms with Crippen LogP contribution < -0.4 is 14.9 Å². The second-order valence-corrected chi connectivity index (χ2v) is 8.08. The zero-order valence-electron chi connectivity index (χ0n) is 16.2. The van der Waals surface area contributed by atoms with E-state index in [9.17, 15) is 9.59 Å². The third-order valence-electron chi connectivity index (χ3n) is 3.89. The van der Waals surface area contributed by atoms with E-state index in [-0.39, 0.29) is 16.3 Å². The number of nitrogens with zero attached hydrogens (tertiary/aromatic N) is 1. The van der Waals surface area contributed by atoms with Crippen molar-refractivity contribution in [3.8, 4) is 11.5 Å². The van der Waals surface area contributed by atoms with Gasteiger partial charge in [-0.25, -0.2) is 0 Å². The molecule has 0 saturated carbocycles. The van der Waals surface area contributed by atoms with E-state index < -0.39 is 5.91 Å². The van der Waals surface area contributed by atoms with Crippen LogP contribution in [-0.4, -0.2) is 34.4 Å². The van der Waals surface area contributed by atoms with E-state index in [4.69, 9.17) is 21.7 Å². The normalized spacial score (nSPS) is 15.2. The first-order chi connectivity index (χ1) is 13.9. The predicted molar refractivity (Wildman–Crippen MR) is 118 cm³/mol. The lowest BCUT2D eigenvalue weighted by Crippen LogP contribution is -2.44. The maximum atomic E-state index is 12.7. The van der Waals surface area contributed by atoms with Crippen LogP contribution in [0.4, 0.5) is 0 Å². The van der Waals surface area contributed by atoms with Gasteiger partial charge in [0.05, 0.1) is 18.1 Å². The number of hydrogen-bond donors (Lipinski definition) is 1. The van der Waals surface area contributed by atoms with E-state index in [1.165, 1.54) is 0 Å². The molecule has 6 nitrogen and oxygen atoms in total. The molecule has 8 heteroatoms. The summed E-state index contributed by atoms with van der Waals surface area (Å²) < 4.78 is 11.4. The van der Waals surface area contributed by atoms with Crippen LogP contribution in [0.3, 0.4) is 0 Å². The van der Waals surface area contributed by atoms with Crippen molar-refractivity contribution < 1.29 is 19.1 Å². The van der Waals surface area contributed by atoms with Crippen LogP contribution in [-0.2, 0) is 4.79 Å². The third kappa shape index (κ3) is 4.96. The predicted octanol–water partition coefficient (Wildman–Crippen LogP) is 4.03. The molecule has 150 valence electrons. The number of methoxy groups -OCH3 is 1. The number of rotatable bonds is 6. The summed E-state index contributed by atoms with van der Waals surface area (Å²) in [6.07, 6.45) is 1.72. The third-order valence-corrected chi connectivity index (χ3v) is 5.19. The Hall–Kier alpha value is -2.84. The van der Waals surface area contributed by atoms with Crippen molar-refractivity contribution >= 4 is 46.2 Å². The van der Waals surface area contributed by atoms with Gasteiger partial charge in [0, 0.05) is 5.56 Å². The summed E-state index contributed by atoms with van der Waals surface area (Å²) in [5, 5.41) is 1.09. The van der Waals surface area contributed by atoms with Gasteiger partial charge in [-0.3, -0.25) is 15.0 Å². The van der Waals surface area contributed by atoms with Gasteiger partial charge < -0.3 is 9.47 Å². The quantitative estimate of drug-likeness (QED) is 0.554. The minimum Gasteiger partial charge on any atom is -0.493 e. The van der Waals surface area contributed by atoms with Crippen LogP contribution in [0.1, 0.15) is 29.8 Å². The van der Waals surface area contributed by atoms with Gasteiger partial charge in [-0.2, -0.15) is 5.01 Å². The molecule has 2 aromatic carbocycles. The number of carbonyl (C=O) groups is 2. The zero-order valence-corrected chi connectivity index (χ0v) is 17.8. The Balaban J connectivity index is 1.78. The van der Waals surface area contributed by atoms with E-state index >= 15 is 0 Å².